The summed E-state index contributed by atoms with van der Waals surface area (Å²) in [5.74, 6) is 3.42. The molecular weight excluding hydrogens is 248 g/mol. The van der Waals surface area contributed by atoms with Crippen molar-refractivity contribution in [1.82, 2.24) is 15.2 Å². The summed E-state index contributed by atoms with van der Waals surface area (Å²) in [6.07, 6.45) is 2.93. The molecule has 0 aliphatic heterocycles. The summed E-state index contributed by atoms with van der Waals surface area (Å²) in [5, 5.41) is 9.48. The number of nitrogens with one attached hydrogen (secondary N) is 2. The number of hydrogen-bond donors (Lipinski definition) is 2. The average molecular weight is 270 g/mol. The van der Waals surface area contributed by atoms with Crippen LogP contribution in [0.15, 0.2) is 0 Å². The number of H-pyrrole nitrogens is 1. The Hall–Kier alpha value is -1.04. The van der Waals surface area contributed by atoms with Crippen LogP contribution in [0.3, 0.4) is 0 Å². The van der Waals surface area contributed by atoms with Gasteiger partial charge in [-0.25, -0.2) is 0 Å². The molecule has 0 bridgehead atoms. The lowest BCUT2D eigenvalue weighted by atomic mass is 10.2. The number of nitrogens with zero attached hydrogens (tertiary/aromatic N) is 2. The van der Waals surface area contributed by atoms with Crippen LogP contribution in [0.25, 0.3) is 0 Å². The maximum Gasteiger partial charge on any atom is 0.248 e. The topological polar surface area (TPSA) is 70.7 Å². The average Bonchev–Trinajstić information content (AvgIpc) is 2.77. The Balaban J connectivity index is 2.22. The standard InChI is InChI=1S/C12H22N4OS/c1-4-5-7-18-8-6-10(17)13-12-14-11(9(2)3)15-16-12/h9H,4-8H2,1-3H3,(H2,13,14,15,16,17). The molecule has 0 atom stereocenters. The molecule has 1 heterocycles. The Morgan fingerprint density at radius 3 is 2.83 bits per heavy atom. The Morgan fingerprint density at radius 2 is 2.22 bits per heavy atom. The number of anilines is 1. The molecule has 0 aliphatic rings. The summed E-state index contributed by atoms with van der Waals surface area (Å²) in [6, 6.07) is 0. The first kappa shape index (κ1) is 15.0. The lowest BCUT2D eigenvalue weighted by Crippen LogP contribution is -2.13. The molecule has 0 saturated heterocycles. The monoisotopic (exact) mass is 270 g/mol. The van der Waals surface area contributed by atoms with Gasteiger partial charge in [0.2, 0.25) is 11.9 Å². The van der Waals surface area contributed by atoms with E-state index in [1.54, 1.807) is 0 Å². The Labute approximate surface area is 113 Å². The Kier molecular flexibility index (Phi) is 6.78. The van der Waals surface area contributed by atoms with E-state index in [-0.39, 0.29) is 11.8 Å². The van der Waals surface area contributed by atoms with Crippen molar-refractivity contribution < 1.29 is 4.79 Å². The predicted octanol–water partition coefficient (Wildman–Crippen LogP) is 2.79. The zero-order valence-electron chi connectivity index (χ0n) is 11.3. The van der Waals surface area contributed by atoms with Gasteiger partial charge in [0.1, 0.15) is 5.82 Å². The molecule has 0 spiro atoms. The highest BCUT2D eigenvalue weighted by atomic mass is 32.2. The van der Waals surface area contributed by atoms with Gasteiger partial charge < -0.3 is 0 Å². The molecule has 0 radical (unpaired) electrons. The predicted molar refractivity (Wildman–Crippen MR) is 76.0 cm³/mol. The third-order valence-corrected chi connectivity index (χ3v) is 3.49. The highest BCUT2D eigenvalue weighted by molar-refractivity contribution is 7.99. The summed E-state index contributed by atoms with van der Waals surface area (Å²) in [7, 11) is 0. The van der Waals surface area contributed by atoms with E-state index in [0.29, 0.717) is 12.4 Å². The van der Waals surface area contributed by atoms with Crippen molar-refractivity contribution in [2.75, 3.05) is 16.8 Å². The molecule has 1 aromatic rings. The van der Waals surface area contributed by atoms with E-state index in [4.69, 9.17) is 0 Å². The van der Waals surface area contributed by atoms with Crippen LogP contribution in [-0.2, 0) is 4.79 Å². The van der Waals surface area contributed by atoms with Crippen molar-refractivity contribution in [3.8, 4) is 0 Å². The third kappa shape index (κ3) is 5.53. The summed E-state index contributed by atoms with van der Waals surface area (Å²) in [5.41, 5.74) is 0. The number of aromatic nitrogens is 3. The van der Waals surface area contributed by atoms with Gasteiger partial charge in [0, 0.05) is 18.1 Å². The zero-order valence-corrected chi connectivity index (χ0v) is 12.1. The first-order chi connectivity index (χ1) is 8.63. The SMILES string of the molecule is CCCCSCCC(=O)Nc1n[nH]c(C(C)C)n1. The lowest BCUT2D eigenvalue weighted by molar-refractivity contribution is -0.115. The number of thioether (sulfide) groups is 1. The van der Waals surface area contributed by atoms with Gasteiger partial charge in [0.05, 0.1) is 0 Å². The van der Waals surface area contributed by atoms with E-state index < -0.39 is 0 Å². The fraction of sp³-hybridized carbons (Fsp3) is 0.750. The van der Waals surface area contributed by atoms with E-state index >= 15 is 0 Å². The smallest absolute Gasteiger partial charge is 0.248 e. The van der Waals surface area contributed by atoms with Gasteiger partial charge >= 0.3 is 0 Å². The van der Waals surface area contributed by atoms with E-state index in [2.05, 4.69) is 27.4 Å². The highest BCUT2D eigenvalue weighted by Crippen LogP contribution is 2.11. The minimum Gasteiger partial charge on any atom is -0.293 e. The molecule has 18 heavy (non-hydrogen) atoms. The van der Waals surface area contributed by atoms with E-state index in [0.717, 1.165) is 17.3 Å². The molecule has 0 unspecified atom stereocenters. The van der Waals surface area contributed by atoms with Crippen LogP contribution in [0.4, 0.5) is 5.95 Å². The summed E-state index contributed by atoms with van der Waals surface area (Å²) < 4.78 is 0. The van der Waals surface area contributed by atoms with Crippen LogP contribution in [0.2, 0.25) is 0 Å². The van der Waals surface area contributed by atoms with Gasteiger partial charge in [0.25, 0.3) is 0 Å². The van der Waals surface area contributed by atoms with E-state index in [9.17, 15) is 4.79 Å². The normalized spacial score (nSPS) is 10.9. The molecule has 1 amide bonds. The highest BCUT2D eigenvalue weighted by Gasteiger charge is 2.09. The number of aromatic amines is 1. The van der Waals surface area contributed by atoms with Crippen molar-refractivity contribution in [2.45, 2.75) is 46.0 Å². The minimum atomic E-state index is -0.0201. The van der Waals surface area contributed by atoms with E-state index in [1.807, 2.05) is 25.6 Å². The Bertz CT molecular complexity index is 365. The van der Waals surface area contributed by atoms with Gasteiger partial charge in [-0.2, -0.15) is 16.7 Å². The minimum absolute atomic E-state index is 0.0201. The molecule has 6 heteroatoms. The van der Waals surface area contributed by atoms with Crippen LogP contribution in [0.1, 0.15) is 51.8 Å². The van der Waals surface area contributed by atoms with Gasteiger partial charge in [-0.3, -0.25) is 15.2 Å². The first-order valence-corrected chi connectivity index (χ1v) is 7.58. The second kappa shape index (κ2) is 8.13. The second-order valence-corrected chi connectivity index (χ2v) is 5.69. The van der Waals surface area contributed by atoms with Crippen LogP contribution in [-0.4, -0.2) is 32.6 Å². The molecule has 0 aliphatic carbocycles. The molecule has 0 aromatic carbocycles. The second-order valence-electron chi connectivity index (χ2n) is 4.46. The van der Waals surface area contributed by atoms with E-state index in [1.165, 1.54) is 12.8 Å². The first-order valence-electron chi connectivity index (χ1n) is 6.43. The van der Waals surface area contributed by atoms with Gasteiger partial charge in [-0.1, -0.05) is 27.2 Å². The summed E-state index contributed by atoms with van der Waals surface area (Å²) in [4.78, 5) is 15.8. The number of carbonyl (C=O) groups excluding carboxylic acids is 1. The van der Waals surface area contributed by atoms with Crippen molar-refractivity contribution in [3.05, 3.63) is 5.82 Å². The van der Waals surface area contributed by atoms with Gasteiger partial charge in [0.15, 0.2) is 0 Å². The fourth-order valence-corrected chi connectivity index (χ4v) is 2.32. The summed E-state index contributed by atoms with van der Waals surface area (Å²) in [6.45, 7) is 6.22. The van der Waals surface area contributed by atoms with Crippen LogP contribution in [0.5, 0.6) is 0 Å². The number of rotatable bonds is 8. The lowest BCUT2D eigenvalue weighted by Gasteiger charge is -2.01. The van der Waals surface area contributed by atoms with Crippen molar-refractivity contribution in [3.63, 3.8) is 0 Å². The molecule has 102 valence electrons. The summed E-state index contributed by atoms with van der Waals surface area (Å²) >= 11 is 1.82. The number of carbonyl (C=O) groups is 1. The quantitative estimate of drug-likeness (QED) is 0.713. The zero-order chi connectivity index (χ0) is 13.4. The van der Waals surface area contributed by atoms with Crippen molar-refractivity contribution in [1.29, 1.82) is 0 Å². The molecule has 2 N–H and O–H groups in total. The molecule has 0 fully saturated rings. The molecule has 1 rings (SSSR count). The van der Waals surface area contributed by atoms with Crippen LogP contribution in [0, 0.1) is 0 Å². The Morgan fingerprint density at radius 1 is 1.44 bits per heavy atom. The molecule has 5 nitrogen and oxygen atoms in total. The maximum atomic E-state index is 11.6. The largest absolute Gasteiger partial charge is 0.293 e. The van der Waals surface area contributed by atoms with Crippen LogP contribution < -0.4 is 5.32 Å². The molecule has 0 saturated carbocycles. The number of amides is 1. The van der Waals surface area contributed by atoms with Gasteiger partial charge in [-0.15, -0.1) is 5.10 Å². The van der Waals surface area contributed by atoms with Gasteiger partial charge in [-0.05, 0) is 12.2 Å². The number of hydrogen-bond acceptors (Lipinski definition) is 4. The number of unbranched alkanes of at least 4 members (excludes halogenated alkanes) is 1. The third-order valence-electron chi connectivity index (χ3n) is 2.42. The molecule has 1 aromatic heterocycles. The maximum absolute atomic E-state index is 11.6. The van der Waals surface area contributed by atoms with Crippen molar-refractivity contribution in [2.24, 2.45) is 0 Å². The molecular formula is C12H22N4OS. The van der Waals surface area contributed by atoms with Crippen molar-refractivity contribution >= 4 is 23.6 Å². The van der Waals surface area contributed by atoms with Crippen LogP contribution >= 0.6 is 11.8 Å². The fourth-order valence-electron chi connectivity index (χ4n) is 1.29.